The van der Waals surface area contributed by atoms with E-state index in [1.54, 1.807) is 0 Å². The van der Waals surface area contributed by atoms with Crippen molar-refractivity contribution in [2.45, 2.75) is 56.8 Å². The summed E-state index contributed by atoms with van der Waals surface area (Å²) in [4.78, 5) is 5.01. The molecule has 0 spiro atoms. The highest BCUT2D eigenvalue weighted by molar-refractivity contribution is 9.10. The molecule has 0 amide bonds. The maximum Gasteiger partial charge on any atom is 0.0549 e. The first kappa shape index (κ1) is 53.0. The second-order valence-corrected chi connectivity index (χ2v) is 26.1. The smallest absolute Gasteiger partial charge is 0.0549 e. The van der Waals surface area contributed by atoms with Crippen LogP contribution in [0.3, 0.4) is 0 Å². The van der Waals surface area contributed by atoms with Crippen LogP contribution in [0.1, 0.15) is 73.9 Å². The van der Waals surface area contributed by atoms with Crippen molar-refractivity contribution in [2.24, 2.45) is 0 Å². The van der Waals surface area contributed by atoms with Gasteiger partial charge in [0.2, 0.25) is 0 Å². The number of hydrogen-bond acceptors (Lipinski definition) is 2. The minimum Gasteiger partial charge on any atom is -0.310 e. The number of hydrogen-bond donors (Lipinski definition) is 0. The van der Waals surface area contributed by atoms with Crippen LogP contribution in [0.25, 0.3) is 66.8 Å². The monoisotopic (exact) mass is 1220 g/mol. The Hall–Kier alpha value is -8.80. The van der Waals surface area contributed by atoms with Crippen molar-refractivity contribution in [3.8, 4) is 66.8 Å². The van der Waals surface area contributed by atoms with Gasteiger partial charge in [-0.25, -0.2) is 0 Å². The lowest BCUT2D eigenvalue weighted by Gasteiger charge is -2.35. The quantitative estimate of drug-likeness (QED) is 0.120. The van der Waals surface area contributed by atoms with Crippen molar-refractivity contribution < 1.29 is 0 Å². The molecule has 2 unspecified atom stereocenters. The third kappa shape index (κ3) is 8.78. The molecule has 2 nitrogen and oxygen atoms in total. The topological polar surface area (TPSA) is 6.48 Å². The molecule has 0 aromatic heterocycles. The predicted octanol–water partition coefficient (Wildman–Crippen LogP) is 23.5. The van der Waals surface area contributed by atoms with E-state index in [0.717, 1.165) is 44.5 Å². The highest BCUT2D eigenvalue weighted by atomic mass is 79.9. The van der Waals surface area contributed by atoms with Crippen LogP contribution in [-0.4, -0.2) is 0 Å². The molecular formula is C81H62Br2N2. The van der Waals surface area contributed by atoms with Gasteiger partial charge in [0.15, 0.2) is 0 Å². The zero-order valence-electron chi connectivity index (χ0n) is 48.1. The van der Waals surface area contributed by atoms with Crippen LogP contribution in [0.15, 0.2) is 288 Å². The van der Waals surface area contributed by atoms with Crippen LogP contribution < -0.4 is 9.80 Å². The minimum atomic E-state index is -0.426. The standard InChI is InChI=1S/C81H62Br2N2/c1-79(2)69-27-16-14-25-65(69)66-46-44-64(52-72(66)79)85(63-42-36-60(83)37-43-63)76-51-58(55-23-12-7-13-24-55)50-74-78(76)68-45-33-57(54-21-10-6-11-22-54)49-73(68)81(74,4)48-47-80(3)70-28-17-15-26-67(70)77-71(80)29-18-30-75(77)84(62-40-34-59(82)35-41-62)61-38-31-56(32-39-61)53-19-8-5-9-20-53/h5-46,49-52H,47-48H2,1-4H3. The van der Waals surface area contributed by atoms with E-state index in [1.165, 1.54) is 112 Å². The van der Waals surface area contributed by atoms with Gasteiger partial charge in [0.1, 0.15) is 0 Å². The first-order valence-electron chi connectivity index (χ1n) is 29.7. The van der Waals surface area contributed by atoms with E-state index in [2.05, 4.69) is 348 Å². The molecule has 12 aromatic rings. The fraction of sp³-hybridized carbons (Fsp3) is 0.111. The van der Waals surface area contributed by atoms with E-state index in [-0.39, 0.29) is 10.8 Å². The third-order valence-corrected chi connectivity index (χ3v) is 20.1. The van der Waals surface area contributed by atoms with Gasteiger partial charge in [0.05, 0.1) is 11.4 Å². The number of anilines is 6. The Morgan fingerprint density at radius 3 is 1.31 bits per heavy atom. The van der Waals surface area contributed by atoms with E-state index >= 15 is 0 Å². The van der Waals surface area contributed by atoms with Gasteiger partial charge in [-0.05, 0) is 199 Å². The number of nitrogens with zero attached hydrogens (tertiary/aromatic N) is 2. The van der Waals surface area contributed by atoms with Gasteiger partial charge in [-0.1, -0.05) is 242 Å². The second kappa shape index (κ2) is 20.8. The van der Waals surface area contributed by atoms with Crippen LogP contribution in [0.5, 0.6) is 0 Å². The maximum atomic E-state index is 3.82. The summed E-state index contributed by atoms with van der Waals surface area (Å²) in [5, 5.41) is 0. The van der Waals surface area contributed by atoms with Gasteiger partial charge in [-0.2, -0.15) is 0 Å². The molecule has 12 aromatic carbocycles. The summed E-state index contributed by atoms with van der Waals surface area (Å²) < 4.78 is 2.10. The summed E-state index contributed by atoms with van der Waals surface area (Å²) >= 11 is 7.58. The zero-order valence-corrected chi connectivity index (χ0v) is 51.3. The molecule has 0 saturated heterocycles. The van der Waals surface area contributed by atoms with Gasteiger partial charge in [-0.3, -0.25) is 0 Å². The molecule has 0 saturated carbocycles. The summed E-state index contributed by atoms with van der Waals surface area (Å²) in [5.41, 5.74) is 29.0. The molecule has 0 N–H and O–H groups in total. The van der Waals surface area contributed by atoms with Gasteiger partial charge in [0, 0.05) is 59.1 Å². The number of fused-ring (bicyclic) bond motifs is 9. The Morgan fingerprint density at radius 1 is 0.271 bits per heavy atom. The molecule has 0 fully saturated rings. The summed E-state index contributed by atoms with van der Waals surface area (Å²) in [5.74, 6) is 0. The molecule has 0 aliphatic heterocycles. The van der Waals surface area contributed by atoms with Crippen LogP contribution in [-0.2, 0) is 16.2 Å². The van der Waals surface area contributed by atoms with Crippen LogP contribution in [0.4, 0.5) is 34.1 Å². The Morgan fingerprint density at radius 2 is 0.682 bits per heavy atom. The molecule has 3 aliphatic carbocycles. The van der Waals surface area contributed by atoms with E-state index in [9.17, 15) is 0 Å². The minimum absolute atomic E-state index is 0.181. The van der Waals surface area contributed by atoms with Crippen LogP contribution in [0.2, 0.25) is 0 Å². The number of rotatable bonds is 12. The van der Waals surface area contributed by atoms with E-state index in [1.807, 2.05) is 0 Å². The first-order valence-corrected chi connectivity index (χ1v) is 31.2. The summed E-state index contributed by atoms with van der Waals surface area (Å²) in [6.45, 7) is 9.85. The SMILES string of the molecule is CC1(C)c2ccccc2-c2ccc(N(c3ccc(Br)cc3)c3cc(-c4ccccc4)cc4c3-c3ccc(-c5ccccc5)cc3C4(C)CCC3(C)c4ccccc4-c4c(N(c5ccc(Br)cc5)c5ccc(-c6ccccc6)cc5)cccc43)cc21. The van der Waals surface area contributed by atoms with Crippen LogP contribution >= 0.6 is 31.9 Å². The molecule has 85 heavy (non-hydrogen) atoms. The highest BCUT2D eigenvalue weighted by Crippen LogP contribution is 2.62. The molecule has 410 valence electrons. The molecule has 0 heterocycles. The summed E-state index contributed by atoms with van der Waals surface area (Å²) in [6.07, 6.45) is 1.79. The van der Waals surface area contributed by atoms with Gasteiger partial charge >= 0.3 is 0 Å². The van der Waals surface area contributed by atoms with Crippen molar-refractivity contribution in [2.75, 3.05) is 9.80 Å². The Bertz CT molecular complexity index is 4530. The van der Waals surface area contributed by atoms with Crippen molar-refractivity contribution >= 4 is 66.0 Å². The maximum absolute atomic E-state index is 3.82. The fourth-order valence-electron chi connectivity index (χ4n) is 14.6. The number of halogens is 2. The lowest BCUT2D eigenvalue weighted by Crippen LogP contribution is -2.28. The lowest BCUT2D eigenvalue weighted by atomic mass is 9.68. The molecule has 0 bridgehead atoms. The Labute approximate surface area is 517 Å². The van der Waals surface area contributed by atoms with Gasteiger partial charge in [-0.15, -0.1) is 0 Å². The third-order valence-electron chi connectivity index (χ3n) is 19.1. The normalized spacial score (nSPS) is 16.4. The Kier molecular flexibility index (Phi) is 12.9. The molecular weight excluding hydrogens is 1160 g/mol. The van der Waals surface area contributed by atoms with Gasteiger partial charge < -0.3 is 9.80 Å². The van der Waals surface area contributed by atoms with E-state index in [0.29, 0.717) is 0 Å². The summed E-state index contributed by atoms with van der Waals surface area (Å²) in [7, 11) is 0. The summed E-state index contributed by atoms with van der Waals surface area (Å²) in [6, 6.07) is 104. The van der Waals surface area contributed by atoms with E-state index in [4.69, 9.17) is 0 Å². The zero-order chi connectivity index (χ0) is 57.6. The predicted molar refractivity (Wildman–Crippen MR) is 365 cm³/mol. The average Bonchev–Trinajstić information content (AvgIpc) is 1.77. The highest BCUT2D eigenvalue weighted by Gasteiger charge is 2.47. The van der Waals surface area contributed by atoms with Crippen molar-refractivity contribution in [3.63, 3.8) is 0 Å². The first-order chi connectivity index (χ1) is 41.5. The lowest BCUT2D eigenvalue weighted by molar-refractivity contribution is 0.424. The van der Waals surface area contributed by atoms with E-state index < -0.39 is 5.41 Å². The molecule has 2 atom stereocenters. The number of benzene rings is 12. The fourth-order valence-corrected chi connectivity index (χ4v) is 15.2. The van der Waals surface area contributed by atoms with Crippen molar-refractivity contribution in [1.29, 1.82) is 0 Å². The van der Waals surface area contributed by atoms with Gasteiger partial charge in [0.25, 0.3) is 0 Å². The van der Waals surface area contributed by atoms with Crippen molar-refractivity contribution in [3.05, 3.63) is 321 Å². The second-order valence-electron chi connectivity index (χ2n) is 24.3. The largest absolute Gasteiger partial charge is 0.310 e. The molecule has 0 radical (unpaired) electrons. The molecule has 15 rings (SSSR count). The van der Waals surface area contributed by atoms with Crippen molar-refractivity contribution in [1.82, 2.24) is 0 Å². The van der Waals surface area contributed by atoms with Crippen LogP contribution in [0, 0.1) is 0 Å². The average molecular weight is 1220 g/mol. The Balaban J connectivity index is 0.920. The molecule has 3 aliphatic rings. The molecule has 4 heteroatoms.